The third-order valence-electron chi connectivity index (χ3n) is 4.92. The Bertz CT molecular complexity index is 483. The number of carbonyl (C=O) groups is 3. The van der Waals surface area contributed by atoms with Crippen LogP contribution in [-0.4, -0.2) is 137 Å². The monoisotopic (exact) mass is 562 g/mol. The van der Waals surface area contributed by atoms with Crippen molar-refractivity contribution in [2.75, 3.05) is 78.9 Å². The van der Waals surface area contributed by atoms with E-state index >= 15 is 0 Å². The van der Waals surface area contributed by atoms with Crippen LogP contribution in [0, 0.1) is 5.41 Å². The molecule has 1 aliphatic heterocycles. The van der Waals surface area contributed by atoms with E-state index in [1.165, 1.54) is 0 Å². The van der Waals surface area contributed by atoms with Gasteiger partial charge in [-0.15, -0.1) is 12.4 Å². The molecule has 1 fully saturated rings. The minimum Gasteiger partial charge on any atom is -0.611 e. The largest absolute Gasteiger partial charge is 1.00 e. The molecule has 1 saturated heterocycles. The normalized spacial score (nSPS) is 13.6. The number of rotatable bonds is 14. The number of amides is 4. The molecule has 0 spiro atoms. The summed E-state index contributed by atoms with van der Waals surface area (Å²) in [5, 5.41) is 57.2. The van der Waals surface area contributed by atoms with Gasteiger partial charge in [0.2, 0.25) is 0 Å². The minimum absolute atomic E-state index is 0. The van der Waals surface area contributed by atoms with Crippen LogP contribution in [0.2, 0.25) is 0 Å². The Hall–Kier alpha value is 0.580. The summed E-state index contributed by atoms with van der Waals surface area (Å²) >= 11 is 0. The molecule has 0 atom stereocenters. The van der Waals surface area contributed by atoms with Crippen LogP contribution in [0.4, 0.5) is 4.79 Å². The van der Waals surface area contributed by atoms with Crippen LogP contribution < -0.4 is 59.1 Å². The van der Waals surface area contributed by atoms with Gasteiger partial charge in [0.25, 0.3) is 0 Å². The number of hydrogen-bond acceptors (Lipinski definition) is 11. The summed E-state index contributed by atoms with van der Waals surface area (Å²) in [5.74, 6) is -1.30. The standard InChI is InChI=1S/C8H12N2O3.2C6H15NO3.ClH.2Na/c1-3-8(4-2)5(11)9-7(13)10-6(8)12;2*8-4-1-7(2-5-9)3-6-10;;;/h3-4H2,1-2H3,(H2,9,10,11,12,13);2*8-10H,1-6H2;1H;;/q;;;;2*+1/p-2. The van der Waals surface area contributed by atoms with Crippen molar-refractivity contribution in [2.24, 2.45) is 5.41 Å². The van der Waals surface area contributed by atoms with Crippen LogP contribution in [0.1, 0.15) is 26.7 Å². The van der Waals surface area contributed by atoms with Gasteiger partial charge in [-0.1, -0.05) is 13.8 Å². The van der Waals surface area contributed by atoms with Gasteiger partial charge in [-0.05, 0) is 18.9 Å². The second-order valence-corrected chi connectivity index (χ2v) is 6.93. The predicted molar refractivity (Wildman–Crippen MR) is 128 cm³/mol. The number of imide groups is 2. The van der Waals surface area contributed by atoms with Gasteiger partial charge in [0.1, 0.15) is 0 Å². The topological polar surface area (TPSA) is 207 Å². The van der Waals surface area contributed by atoms with E-state index < -0.39 is 23.3 Å². The molecular formula is C20H41ClN4Na2O9. The van der Waals surface area contributed by atoms with Crippen LogP contribution in [0.5, 0.6) is 0 Å². The fourth-order valence-electron chi connectivity index (χ4n) is 2.88. The minimum atomic E-state index is -1.17. The van der Waals surface area contributed by atoms with Crippen molar-refractivity contribution >= 4 is 30.3 Å². The molecule has 0 aromatic heterocycles. The molecule has 0 aromatic carbocycles. The maximum absolute atomic E-state index is 11.3. The van der Waals surface area contributed by atoms with Crippen molar-refractivity contribution in [1.82, 2.24) is 9.80 Å². The smallest absolute Gasteiger partial charge is 0.611 e. The summed E-state index contributed by atoms with van der Waals surface area (Å²) in [6.45, 7) is 6.92. The van der Waals surface area contributed by atoms with E-state index in [1.54, 1.807) is 23.6 Å². The number of urea groups is 1. The first-order chi connectivity index (χ1) is 15.8. The van der Waals surface area contributed by atoms with Crippen molar-refractivity contribution in [2.45, 2.75) is 26.7 Å². The molecule has 36 heavy (non-hydrogen) atoms. The molecule has 0 aliphatic carbocycles. The molecule has 1 heterocycles. The van der Waals surface area contributed by atoms with Crippen molar-refractivity contribution in [3.05, 3.63) is 10.6 Å². The summed E-state index contributed by atoms with van der Waals surface area (Å²) in [7, 11) is 0. The fraction of sp³-hybridized carbons (Fsp3) is 0.850. The van der Waals surface area contributed by atoms with E-state index in [0.29, 0.717) is 52.1 Å². The zero-order valence-electron chi connectivity index (χ0n) is 22.0. The van der Waals surface area contributed by atoms with Gasteiger partial charge in [-0.2, -0.15) is 0 Å². The van der Waals surface area contributed by atoms with Gasteiger partial charge in [-0.25, -0.2) is 0 Å². The molecule has 4 amide bonds. The van der Waals surface area contributed by atoms with Gasteiger partial charge in [0.15, 0.2) is 0 Å². The van der Waals surface area contributed by atoms with Gasteiger partial charge in [0.05, 0.1) is 56.9 Å². The first kappa shape index (κ1) is 46.4. The van der Waals surface area contributed by atoms with Gasteiger partial charge in [0, 0.05) is 39.3 Å². The maximum Gasteiger partial charge on any atom is 1.00 e. The third kappa shape index (κ3) is 19.6. The van der Waals surface area contributed by atoms with E-state index in [2.05, 4.69) is 10.6 Å². The Balaban J connectivity index is -0.000000130. The summed E-state index contributed by atoms with van der Waals surface area (Å²) < 4.78 is 0. The molecule has 0 aromatic rings. The van der Waals surface area contributed by atoms with E-state index in [9.17, 15) is 14.4 Å². The summed E-state index contributed by atoms with van der Waals surface area (Å²) in [4.78, 5) is 36.9. The molecule has 204 valence electrons. The van der Waals surface area contributed by atoms with Gasteiger partial charge < -0.3 is 55.7 Å². The number of halogens is 1. The average Bonchev–Trinajstić information content (AvgIpc) is 2.76. The summed E-state index contributed by atoms with van der Waals surface area (Å²) in [5.41, 5.74) is -1.17. The Kier molecular flexibility index (Phi) is 38.9. The average molecular weight is 563 g/mol. The van der Waals surface area contributed by atoms with Crippen LogP contribution in [0.3, 0.4) is 0 Å². The summed E-state index contributed by atoms with van der Waals surface area (Å²) in [6, 6.07) is -0.979. The Morgan fingerprint density at radius 2 is 0.806 bits per heavy atom. The van der Waals surface area contributed by atoms with Crippen LogP contribution in [-0.2, 0) is 9.59 Å². The number of aliphatic hydroxyl groups excluding tert-OH is 6. The molecule has 6 N–H and O–H groups in total. The van der Waals surface area contributed by atoms with Crippen molar-refractivity contribution in [1.29, 1.82) is 0 Å². The molecule has 1 rings (SSSR count). The SMILES string of the molecule is CCC1(CC)C(=O)[N-]C(=O)[N-]C1=O.Cl.OCCN(CCO)CCO.OCCN(CCO)CCO.[Na+].[Na+]. The Morgan fingerprint density at radius 3 is 0.972 bits per heavy atom. The number of nitrogens with zero attached hydrogens (tertiary/aromatic N) is 4. The van der Waals surface area contributed by atoms with E-state index in [4.69, 9.17) is 30.6 Å². The molecule has 13 nitrogen and oxygen atoms in total. The fourth-order valence-corrected chi connectivity index (χ4v) is 2.88. The first-order valence-electron chi connectivity index (χ1n) is 10.9. The van der Waals surface area contributed by atoms with Gasteiger partial charge >= 0.3 is 59.1 Å². The predicted octanol–water partition coefficient (Wildman–Crippen LogP) is -7.31. The van der Waals surface area contributed by atoms with E-state index in [-0.39, 0.29) is 111 Å². The number of barbiturate groups is 1. The van der Waals surface area contributed by atoms with Gasteiger partial charge in [-0.3, -0.25) is 9.80 Å². The molecule has 0 radical (unpaired) electrons. The molecule has 16 heteroatoms. The molecular weight excluding hydrogens is 522 g/mol. The van der Waals surface area contributed by atoms with Crippen molar-refractivity contribution < 1.29 is 104 Å². The zero-order chi connectivity index (χ0) is 25.7. The van der Waals surface area contributed by atoms with Crippen LogP contribution in [0.25, 0.3) is 10.6 Å². The number of aliphatic hydroxyl groups is 6. The van der Waals surface area contributed by atoms with Crippen molar-refractivity contribution in [3.8, 4) is 0 Å². The molecule has 0 saturated carbocycles. The second kappa shape index (κ2) is 30.1. The first-order valence-corrected chi connectivity index (χ1v) is 10.9. The van der Waals surface area contributed by atoms with E-state index in [0.717, 1.165) is 0 Å². The molecule has 1 aliphatic rings. The van der Waals surface area contributed by atoms with Crippen molar-refractivity contribution in [3.63, 3.8) is 0 Å². The zero-order valence-corrected chi connectivity index (χ0v) is 26.8. The van der Waals surface area contributed by atoms with Crippen LogP contribution in [0.15, 0.2) is 0 Å². The van der Waals surface area contributed by atoms with Crippen LogP contribution >= 0.6 is 12.4 Å². The number of carbonyl (C=O) groups excluding carboxylic acids is 3. The maximum atomic E-state index is 11.3. The molecule has 0 bridgehead atoms. The Morgan fingerprint density at radius 1 is 0.583 bits per heavy atom. The summed E-state index contributed by atoms with van der Waals surface area (Å²) in [6.07, 6.45) is 0.670. The number of hydrogen-bond donors (Lipinski definition) is 6. The third-order valence-corrected chi connectivity index (χ3v) is 4.92. The second-order valence-electron chi connectivity index (χ2n) is 6.93. The molecule has 0 unspecified atom stereocenters. The van der Waals surface area contributed by atoms with E-state index in [1.807, 2.05) is 0 Å². The quantitative estimate of drug-likeness (QED) is 0.0865. The Labute approximate surface area is 264 Å².